The van der Waals surface area contributed by atoms with Crippen molar-refractivity contribution in [2.75, 3.05) is 12.8 Å². The molecule has 1 aromatic carbocycles. The Morgan fingerprint density at radius 3 is 2.53 bits per heavy atom. The van der Waals surface area contributed by atoms with Gasteiger partial charge < -0.3 is 10.5 Å². The van der Waals surface area contributed by atoms with Crippen LogP contribution in [0.4, 0.5) is 5.69 Å². The maximum Gasteiger partial charge on any atom is 0.121 e. The first-order valence-electron chi connectivity index (χ1n) is 5.66. The van der Waals surface area contributed by atoms with Gasteiger partial charge >= 0.3 is 0 Å². The first kappa shape index (κ1) is 11.7. The lowest BCUT2D eigenvalue weighted by Crippen LogP contribution is -2.15. The average molecular weight is 230 g/mol. The van der Waals surface area contributed by atoms with E-state index in [9.17, 15) is 0 Å². The Kier molecular flexibility index (Phi) is 2.69. The summed E-state index contributed by atoms with van der Waals surface area (Å²) in [6.45, 7) is 6.47. The molecule has 0 unspecified atom stereocenters. The molecule has 0 aliphatic rings. The number of nitrogens with zero attached hydrogens (tertiary/aromatic N) is 1. The zero-order valence-electron chi connectivity index (χ0n) is 10.7. The lowest BCUT2D eigenvalue weighted by Gasteiger charge is -2.23. The van der Waals surface area contributed by atoms with Crippen LogP contribution >= 0.6 is 0 Å². The molecule has 17 heavy (non-hydrogen) atoms. The Morgan fingerprint density at radius 1 is 1.24 bits per heavy atom. The van der Waals surface area contributed by atoms with Gasteiger partial charge in [0.15, 0.2) is 0 Å². The lowest BCUT2D eigenvalue weighted by molar-refractivity contribution is 0.415. The standard InChI is InChI=1S/C14H18N2O/c1-14(2,3)13-10-6-5-9(17-4)7-12(10)16-8-11(13)15/h5-8H,15H2,1-4H3. The van der Waals surface area contributed by atoms with Crippen molar-refractivity contribution in [3.05, 3.63) is 30.0 Å². The zero-order valence-corrected chi connectivity index (χ0v) is 10.7. The summed E-state index contributed by atoms with van der Waals surface area (Å²) < 4.78 is 5.21. The fourth-order valence-electron chi connectivity index (χ4n) is 2.15. The molecule has 3 heteroatoms. The molecule has 0 aliphatic heterocycles. The zero-order chi connectivity index (χ0) is 12.6. The van der Waals surface area contributed by atoms with Gasteiger partial charge in [-0.3, -0.25) is 4.98 Å². The second kappa shape index (κ2) is 3.91. The molecule has 0 atom stereocenters. The first-order chi connectivity index (χ1) is 7.93. The summed E-state index contributed by atoms with van der Waals surface area (Å²) in [5, 5.41) is 1.10. The van der Waals surface area contributed by atoms with E-state index in [4.69, 9.17) is 10.5 Å². The van der Waals surface area contributed by atoms with Crippen molar-refractivity contribution in [2.24, 2.45) is 0 Å². The molecule has 90 valence electrons. The van der Waals surface area contributed by atoms with Crippen molar-refractivity contribution in [3.63, 3.8) is 0 Å². The van der Waals surface area contributed by atoms with E-state index in [-0.39, 0.29) is 5.41 Å². The molecule has 2 aromatic rings. The van der Waals surface area contributed by atoms with Gasteiger partial charge in [0.2, 0.25) is 0 Å². The SMILES string of the molecule is COc1ccc2c(C(C)(C)C)c(N)cnc2c1. The van der Waals surface area contributed by atoms with Gasteiger partial charge in [0.1, 0.15) is 5.75 Å². The maximum absolute atomic E-state index is 6.05. The number of pyridine rings is 1. The highest BCUT2D eigenvalue weighted by molar-refractivity contribution is 5.88. The number of fused-ring (bicyclic) bond motifs is 1. The normalized spacial score (nSPS) is 11.8. The van der Waals surface area contributed by atoms with E-state index >= 15 is 0 Å². The second-order valence-corrected chi connectivity index (χ2v) is 5.22. The monoisotopic (exact) mass is 230 g/mol. The number of ether oxygens (including phenoxy) is 1. The fraction of sp³-hybridized carbons (Fsp3) is 0.357. The molecule has 0 aliphatic carbocycles. The van der Waals surface area contributed by atoms with E-state index in [0.717, 1.165) is 27.9 Å². The second-order valence-electron chi connectivity index (χ2n) is 5.22. The number of rotatable bonds is 1. The molecule has 0 bridgehead atoms. The van der Waals surface area contributed by atoms with E-state index in [2.05, 4.69) is 25.8 Å². The summed E-state index contributed by atoms with van der Waals surface area (Å²) in [4.78, 5) is 4.36. The third-order valence-corrected chi connectivity index (χ3v) is 2.86. The van der Waals surface area contributed by atoms with E-state index in [1.54, 1.807) is 13.3 Å². The third-order valence-electron chi connectivity index (χ3n) is 2.86. The minimum absolute atomic E-state index is 0.000137. The smallest absolute Gasteiger partial charge is 0.121 e. The van der Waals surface area contributed by atoms with Crippen molar-refractivity contribution in [1.29, 1.82) is 0 Å². The third kappa shape index (κ3) is 2.05. The molecule has 0 saturated heterocycles. The molecule has 2 N–H and O–H groups in total. The summed E-state index contributed by atoms with van der Waals surface area (Å²) in [5.74, 6) is 0.814. The van der Waals surface area contributed by atoms with Crippen molar-refractivity contribution in [3.8, 4) is 5.75 Å². The highest BCUT2D eigenvalue weighted by Gasteiger charge is 2.20. The van der Waals surface area contributed by atoms with E-state index in [0.29, 0.717) is 0 Å². The number of aromatic nitrogens is 1. The molecule has 0 amide bonds. The van der Waals surface area contributed by atoms with E-state index < -0.39 is 0 Å². The van der Waals surface area contributed by atoms with Crippen molar-refractivity contribution in [2.45, 2.75) is 26.2 Å². The molecule has 0 radical (unpaired) electrons. The summed E-state index contributed by atoms with van der Waals surface area (Å²) >= 11 is 0. The number of benzene rings is 1. The van der Waals surface area contributed by atoms with Crippen LogP contribution in [0.1, 0.15) is 26.3 Å². The first-order valence-corrected chi connectivity index (χ1v) is 5.66. The summed E-state index contributed by atoms with van der Waals surface area (Å²) in [7, 11) is 1.66. The van der Waals surface area contributed by atoms with Gasteiger partial charge in [-0.1, -0.05) is 20.8 Å². The van der Waals surface area contributed by atoms with Crippen molar-refractivity contribution >= 4 is 16.6 Å². The fourth-order valence-corrected chi connectivity index (χ4v) is 2.15. The van der Waals surface area contributed by atoms with Gasteiger partial charge in [0.25, 0.3) is 0 Å². The van der Waals surface area contributed by atoms with Crippen LogP contribution in [0.15, 0.2) is 24.4 Å². The van der Waals surface area contributed by atoms with Gasteiger partial charge in [0.05, 0.1) is 24.5 Å². The molecule has 0 fully saturated rings. The molecular formula is C14H18N2O. The Balaban J connectivity index is 2.78. The van der Waals surface area contributed by atoms with Crippen LogP contribution in [0.3, 0.4) is 0 Å². The van der Waals surface area contributed by atoms with Gasteiger partial charge in [-0.05, 0) is 23.1 Å². The number of nitrogens with two attached hydrogens (primary N) is 1. The molecule has 3 nitrogen and oxygen atoms in total. The quantitative estimate of drug-likeness (QED) is 0.818. The van der Waals surface area contributed by atoms with Gasteiger partial charge in [-0.15, -0.1) is 0 Å². The highest BCUT2D eigenvalue weighted by atomic mass is 16.5. The van der Waals surface area contributed by atoms with Crippen molar-refractivity contribution < 1.29 is 4.74 Å². The largest absolute Gasteiger partial charge is 0.497 e. The Bertz CT molecular complexity index is 556. The number of hydrogen-bond donors (Lipinski definition) is 1. The van der Waals surface area contributed by atoms with Crippen LogP contribution in [0.5, 0.6) is 5.75 Å². The van der Waals surface area contributed by atoms with Gasteiger partial charge in [-0.25, -0.2) is 0 Å². The average Bonchev–Trinajstić information content (AvgIpc) is 2.26. The van der Waals surface area contributed by atoms with Gasteiger partial charge in [0, 0.05) is 11.5 Å². The minimum atomic E-state index is -0.000137. The van der Waals surface area contributed by atoms with E-state index in [1.165, 1.54) is 0 Å². The highest BCUT2D eigenvalue weighted by Crippen LogP contribution is 2.34. The molecule has 0 spiro atoms. The van der Waals surface area contributed by atoms with Crippen LogP contribution in [0, 0.1) is 0 Å². The summed E-state index contributed by atoms with van der Waals surface area (Å²) in [6.07, 6.45) is 1.72. The van der Waals surface area contributed by atoms with Crippen molar-refractivity contribution in [1.82, 2.24) is 4.98 Å². The Hall–Kier alpha value is -1.77. The summed E-state index contributed by atoms with van der Waals surface area (Å²) in [5.41, 5.74) is 8.86. The molecular weight excluding hydrogens is 212 g/mol. The van der Waals surface area contributed by atoms with E-state index in [1.807, 2.05) is 18.2 Å². The lowest BCUT2D eigenvalue weighted by atomic mass is 9.84. The van der Waals surface area contributed by atoms with Crippen LogP contribution in [-0.4, -0.2) is 12.1 Å². The maximum atomic E-state index is 6.05. The number of methoxy groups -OCH3 is 1. The molecule has 2 rings (SSSR count). The number of nitrogen functional groups attached to an aromatic ring is 1. The van der Waals surface area contributed by atoms with Crippen LogP contribution in [0.25, 0.3) is 10.9 Å². The number of anilines is 1. The molecule has 0 saturated carbocycles. The van der Waals surface area contributed by atoms with Gasteiger partial charge in [-0.2, -0.15) is 0 Å². The minimum Gasteiger partial charge on any atom is -0.497 e. The van der Waals surface area contributed by atoms with Crippen LogP contribution < -0.4 is 10.5 Å². The van der Waals surface area contributed by atoms with Crippen LogP contribution in [0.2, 0.25) is 0 Å². The number of hydrogen-bond acceptors (Lipinski definition) is 3. The van der Waals surface area contributed by atoms with Crippen LogP contribution in [-0.2, 0) is 5.41 Å². The molecule has 1 aromatic heterocycles. The molecule has 1 heterocycles. The Labute approximate surface area is 102 Å². The predicted octanol–water partition coefficient (Wildman–Crippen LogP) is 3.12. The predicted molar refractivity (Wildman–Crippen MR) is 71.4 cm³/mol. The topological polar surface area (TPSA) is 48.1 Å². The Morgan fingerprint density at radius 2 is 1.94 bits per heavy atom. The summed E-state index contributed by atoms with van der Waals surface area (Å²) in [6, 6.07) is 5.90.